The Kier molecular flexibility index (Phi) is 6.00. The van der Waals surface area contributed by atoms with Crippen molar-refractivity contribution in [1.29, 1.82) is 0 Å². The van der Waals surface area contributed by atoms with E-state index < -0.39 is 18.2 Å². The van der Waals surface area contributed by atoms with Gasteiger partial charge in [-0.25, -0.2) is 9.59 Å². The first-order valence-corrected chi connectivity index (χ1v) is 6.14. The first-order chi connectivity index (χ1) is 8.93. The molecule has 8 nitrogen and oxygen atoms in total. The number of urea groups is 1. The standard InChI is InChI=1S/C11H20N2O6/c1-7-4-13(5-8(6-14)19-7)11(18)12-3-2-9(15)10(16)17/h7-9,14-15H,2-6H2,1H3,(H,12,18)(H,16,17). The lowest BCUT2D eigenvalue weighted by Crippen LogP contribution is -2.53. The number of carboxylic acids is 1. The zero-order valence-corrected chi connectivity index (χ0v) is 10.8. The molecule has 1 aliphatic rings. The number of rotatable bonds is 5. The third kappa shape index (κ3) is 5.01. The van der Waals surface area contributed by atoms with E-state index in [0.717, 1.165) is 0 Å². The molecular weight excluding hydrogens is 256 g/mol. The normalized spacial score (nSPS) is 24.9. The Hall–Kier alpha value is -1.38. The van der Waals surface area contributed by atoms with Crippen LogP contribution in [-0.2, 0) is 9.53 Å². The number of carbonyl (C=O) groups is 2. The van der Waals surface area contributed by atoms with Gasteiger partial charge in [0.25, 0.3) is 0 Å². The highest BCUT2D eigenvalue weighted by Gasteiger charge is 2.27. The van der Waals surface area contributed by atoms with Gasteiger partial charge < -0.3 is 30.3 Å². The summed E-state index contributed by atoms with van der Waals surface area (Å²) in [4.78, 5) is 23.7. The lowest BCUT2D eigenvalue weighted by Gasteiger charge is -2.36. The molecule has 0 aromatic heterocycles. The van der Waals surface area contributed by atoms with Crippen molar-refractivity contribution >= 4 is 12.0 Å². The number of aliphatic carboxylic acids is 1. The molecule has 0 saturated carbocycles. The molecule has 19 heavy (non-hydrogen) atoms. The van der Waals surface area contributed by atoms with Gasteiger partial charge in [-0.15, -0.1) is 0 Å². The van der Waals surface area contributed by atoms with Crippen LogP contribution in [-0.4, -0.2) is 76.8 Å². The number of carbonyl (C=O) groups excluding carboxylic acids is 1. The molecular formula is C11H20N2O6. The van der Waals surface area contributed by atoms with E-state index >= 15 is 0 Å². The van der Waals surface area contributed by atoms with E-state index in [0.29, 0.717) is 6.54 Å². The van der Waals surface area contributed by atoms with Crippen LogP contribution in [0.15, 0.2) is 0 Å². The van der Waals surface area contributed by atoms with E-state index in [1.807, 2.05) is 0 Å². The average Bonchev–Trinajstić information content (AvgIpc) is 2.37. The van der Waals surface area contributed by atoms with Crippen molar-refractivity contribution in [3.05, 3.63) is 0 Å². The van der Waals surface area contributed by atoms with Crippen molar-refractivity contribution in [3.8, 4) is 0 Å². The van der Waals surface area contributed by atoms with Crippen LogP contribution in [0.4, 0.5) is 4.79 Å². The zero-order chi connectivity index (χ0) is 14.4. The van der Waals surface area contributed by atoms with E-state index in [1.165, 1.54) is 4.90 Å². The maximum Gasteiger partial charge on any atom is 0.332 e. The van der Waals surface area contributed by atoms with Crippen molar-refractivity contribution in [2.24, 2.45) is 0 Å². The highest BCUT2D eigenvalue weighted by molar-refractivity contribution is 5.75. The molecule has 1 fully saturated rings. The van der Waals surface area contributed by atoms with Gasteiger partial charge in [0, 0.05) is 19.5 Å². The van der Waals surface area contributed by atoms with Crippen molar-refractivity contribution < 1.29 is 29.6 Å². The molecule has 1 heterocycles. The van der Waals surface area contributed by atoms with Gasteiger partial charge in [-0.1, -0.05) is 0 Å². The number of hydrogen-bond donors (Lipinski definition) is 4. The highest BCUT2D eigenvalue weighted by Crippen LogP contribution is 2.10. The topological polar surface area (TPSA) is 119 Å². The number of aliphatic hydroxyl groups is 2. The summed E-state index contributed by atoms with van der Waals surface area (Å²) in [6.07, 6.45) is -2.10. The number of carboxylic acid groups (broad SMARTS) is 1. The number of ether oxygens (including phenoxy) is 1. The van der Waals surface area contributed by atoms with Gasteiger partial charge >= 0.3 is 12.0 Å². The van der Waals surface area contributed by atoms with Crippen molar-refractivity contribution in [1.82, 2.24) is 10.2 Å². The molecule has 3 atom stereocenters. The first kappa shape index (κ1) is 15.7. The number of amides is 2. The summed E-state index contributed by atoms with van der Waals surface area (Å²) in [7, 11) is 0. The van der Waals surface area contributed by atoms with Gasteiger partial charge in [0.2, 0.25) is 0 Å². The predicted molar refractivity (Wildman–Crippen MR) is 64.7 cm³/mol. The molecule has 4 N–H and O–H groups in total. The Balaban J connectivity index is 2.34. The second-order valence-electron chi connectivity index (χ2n) is 4.53. The molecule has 0 aromatic carbocycles. The van der Waals surface area contributed by atoms with Crippen molar-refractivity contribution in [3.63, 3.8) is 0 Å². The van der Waals surface area contributed by atoms with Crippen LogP contribution in [0.25, 0.3) is 0 Å². The molecule has 3 unspecified atom stereocenters. The summed E-state index contributed by atoms with van der Waals surface area (Å²) in [5.41, 5.74) is 0. The van der Waals surface area contributed by atoms with Crippen LogP contribution in [0, 0.1) is 0 Å². The van der Waals surface area contributed by atoms with Gasteiger partial charge in [-0.2, -0.15) is 0 Å². The summed E-state index contributed by atoms with van der Waals surface area (Å²) in [6, 6.07) is -0.355. The van der Waals surface area contributed by atoms with Crippen LogP contribution in [0.5, 0.6) is 0 Å². The quantitative estimate of drug-likeness (QED) is 0.491. The van der Waals surface area contributed by atoms with Crippen LogP contribution in [0.2, 0.25) is 0 Å². The SMILES string of the molecule is CC1CN(C(=O)NCCC(O)C(=O)O)CC(CO)O1. The summed E-state index contributed by atoms with van der Waals surface area (Å²) in [5.74, 6) is -1.31. The van der Waals surface area contributed by atoms with Gasteiger partial charge in [-0.05, 0) is 6.92 Å². The minimum absolute atomic E-state index is 0.0512. The summed E-state index contributed by atoms with van der Waals surface area (Å²) >= 11 is 0. The Morgan fingerprint density at radius 2 is 2.16 bits per heavy atom. The predicted octanol–water partition coefficient (Wildman–Crippen LogP) is -1.39. The molecule has 2 amide bonds. The van der Waals surface area contributed by atoms with Gasteiger partial charge in [0.05, 0.1) is 25.4 Å². The summed E-state index contributed by atoms with van der Waals surface area (Å²) < 4.78 is 5.40. The number of nitrogens with one attached hydrogen (secondary N) is 1. The second-order valence-corrected chi connectivity index (χ2v) is 4.53. The molecule has 0 radical (unpaired) electrons. The fourth-order valence-corrected chi connectivity index (χ4v) is 1.86. The maximum absolute atomic E-state index is 11.8. The monoisotopic (exact) mass is 276 g/mol. The number of nitrogens with zero attached hydrogens (tertiary/aromatic N) is 1. The Morgan fingerprint density at radius 3 is 2.74 bits per heavy atom. The highest BCUT2D eigenvalue weighted by atomic mass is 16.5. The molecule has 0 aliphatic carbocycles. The molecule has 0 spiro atoms. The third-order valence-corrected chi connectivity index (χ3v) is 2.80. The molecule has 1 saturated heterocycles. The smallest absolute Gasteiger partial charge is 0.332 e. The van der Waals surface area contributed by atoms with Gasteiger partial charge in [0.1, 0.15) is 0 Å². The Bertz CT molecular complexity index is 324. The minimum atomic E-state index is -1.48. The largest absolute Gasteiger partial charge is 0.479 e. The summed E-state index contributed by atoms with van der Waals surface area (Å²) in [5, 5.41) is 29.1. The van der Waals surface area contributed by atoms with Crippen molar-refractivity contribution in [2.45, 2.75) is 31.7 Å². The lowest BCUT2D eigenvalue weighted by atomic mass is 10.2. The fraction of sp³-hybridized carbons (Fsp3) is 0.818. The average molecular weight is 276 g/mol. The molecule has 1 aliphatic heterocycles. The number of hydrogen-bond acceptors (Lipinski definition) is 5. The molecule has 0 bridgehead atoms. The second kappa shape index (κ2) is 7.27. The summed E-state index contributed by atoms with van der Waals surface area (Å²) in [6.45, 7) is 2.40. The van der Waals surface area contributed by atoms with Crippen molar-refractivity contribution in [2.75, 3.05) is 26.2 Å². The van der Waals surface area contributed by atoms with Crippen LogP contribution in [0.3, 0.4) is 0 Å². The van der Waals surface area contributed by atoms with E-state index in [9.17, 15) is 9.59 Å². The molecule has 110 valence electrons. The van der Waals surface area contributed by atoms with E-state index in [-0.39, 0.29) is 38.3 Å². The minimum Gasteiger partial charge on any atom is -0.479 e. The maximum atomic E-state index is 11.8. The van der Waals surface area contributed by atoms with E-state index in [2.05, 4.69) is 5.32 Å². The van der Waals surface area contributed by atoms with E-state index in [1.54, 1.807) is 6.92 Å². The van der Waals surface area contributed by atoms with Gasteiger partial charge in [-0.3, -0.25) is 0 Å². The van der Waals surface area contributed by atoms with E-state index in [4.69, 9.17) is 20.1 Å². The fourth-order valence-electron chi connectivity index (χ4n) is 1.86. The molecule has 8 heteroatoms. The third-order valence-electron chi connectivity index (χ3n) is 2.80. The van der Waals surface area contributed by atoms with Gasteiger partial charge in [0.15, 0.2) is 6.10 Å². The zero-order valence-electron chi connectivity index (χ0n) is 10.8. The van der Waals surface area contributed by atoms with Crippen LogP contribution < -0.4 is 5.32 Å². The lowest BCUT2D eigenvalue weighted by molar-refractivity contribution is -0.146. The number of morpholine rings is 1. The Morgan fingerprint density at radius 1 is 1.47 bits per heavy atom. The van der Waals surface area contributed by atoms with Crippen LogP contribution in [0.1, 0.15) is 13.3 Å². The Labute approximate surface area is 111 Å². The first-order valence-electron chi connectivity index (χ1n) is 6.14. The molecule has 0 aromatic rings. The van der Waals surface area contributed by atoms with Crippen LogP contribution >= 0.6 is 0 Å². The number of aliphatic hydroxyl groups excluding tert-OH is 2. The molecule has 1 rings (SSSR count).